The van der Waals surface area contributed by atoms with E-state index in [9.17, 15) is 0 Å². The Morgan fingerprint density at radius 2 is 1.89 bits per heavy atom. The van der Waals surface area contributed by atoms with Gasteiger partial charge in [-0.2, -0.15) is 0 Å². The molecule has 0 bridgehead atoms. The molecule has 1 atom stereocenters. The highest BCUT2D eigenvalue weighted by Gasteiger charge is 2.05. The molecule has 2 aromatic carbocycles. The van der Waals surface area contributed by atoms with Gasteiger partial charge in [0.25, 0.3) is 0 Å². The van der Waals surface area contributed by atoms with Crippen molar-refractivity contribution in [3.8, 4) is 5.75 Å². The predicted octanol–water partition coefficient (Wildman–Crippen LogP) is 4.31. The maximum absolute atomic E-state index is 5.17. The molecule has 0 aliphatic rings. The first-order valence-corrected chi connectivity index (χ1v) is 7.10. The monoisotopic (exact) mass is 319 g/mol. The number of ether oxygens (including phenoxy) is 1. The van der Waals surface area contributed by atoms with Crippen LogP contribution in [0.1, 0.15) is 24.1 Å². The summed E-state index contributed by atoms with van der Waals surface area (Å²) in [5.74, 6) is 0.892. The van der Waals surface area contributed by atoms with Gasteiger partial charge >= 0.3 is 0 Å². The Balaban J connectivity index is 1.95. The number of hydrogen-bond donors (Lipinski definition) is 1. The highest BCUT2D eigenvalue weighted by molar-refractivity contribution is 9.10. The van der Waals surface area contributed by atoms with Gasteiger partial charge in [-0.05, 0) is 42.3 Å². The summed E-state index contributed by atoms with van der Waals surface area (Å²) >= 11 is 3.49. The molecule has 0 saturated heterocycles. The van der Waals surface area contributed by atoms with Crippen molar-refractivity contribution in [1.29, 1.82) is 0 Å². The standard InChI is InChI=1S/C16H18BrNO/c1-12(14-6-8-16(19-2)9-7-14)18-11-13-4-3-5-15(17)10-13/h3-10,12,18H,11H2,1-2H3/t12-/m0/s1. The number of nitrogens with one attached hydrogen (secondary N) is 1. The lowest BCUT2D eigenvalue weighted by Gasteiger charge is -2.15. The van der Waals surface area contributed by atoms with Gasteiger partial charge < -0.3 is 10.1 Å². The zero-order valence-electron chi connectivity index (χ0n) is 11.2. The minimum absolute atomic E-state index is 0.310. The Morgan fingerprint density at radius 3 is 2.53 bits per heavy atom. The van der Waals surface area contributed by atoms with Crippen LogP contribution < -0.4 is 10.1 Å². The quantitative estimate of drug-likeness (QED) is 0.886. The summed E-state index contributed by atoms with van der Waals surface area (Å²) in [5, 5.41) is 3.52. The molecule has 1 N–H and O–H groups in total. The Morgan fingerprint density at radius 1 is 1.16 bits per heavy atom. The van der Waals surface area contributed by atoms with Gasteiger partial charge in [-0.15, -0.1) is 0 Å². The number of methoxy groups -OCH3 is 1. The van der Waals surface area contributed by atoms with E-state index in [4.69, 9.17) is 4.74 Å². The van der Waals surface area contributed by atoms with Crippen LogP contribution in [-0.2, 0) is 6.54 Å². The van der Waals surface area contributed by atoms with Crippen molar-refractivity contribution >= 4 is 15.9 Å². The summed E-state index contributed by atoms with van der Waals surface area (Å²) < 4.78 is 6.28. The van der Waals surface area contributed by atoms with Gasteiger partial charge in [0.15, 0.2) is 0 Å². The second kappa shape index (κ2) is 6.73. The molecule has 2 rings (SSSR count). The minimum Gasteiger partial charge on any atom is -0.497 e. The molecular weight excluding hydrogens is 302 g/mol. The molecule has 0 amide bonds. The van der Waals surface area contributed by atoms with Gasteiger partial charge in [-0.3, -0.25) is 0 Å². The molecule has 2 aromatic rings. The average Bonchev–Trinajstić information content (AvgIpc) is 2.45. The molecule has 0 aliphatic heterocycles. The number of benzene rings is 2. The van der Waals surface area contributed by atoms with Crippen molar-refractivity contribution in [2.24, 2.45) is 0 Å². The van der Waals surface area contributed by atoms with Crippen molar-refractivity contribution in [3.63, 3.8) is 0 Å². The molecule has 19 heavy (non-hydrogen) atoms. The van der Waals surface area contributed by atoms with E-state index < -0.39 is 0 Å². The molecule has 0 fully saturated rings. The van der Waals surface area contributed by atoms with Crippen LogP contribution in [0.2, 0.25) is 0 Å². The van der Waals surface area contributed by atoms with Crippen LogP contribution in [0.5, 0.6) is 5.75 Å². The van der Waals surface area contributed by atoms with E-state index in [1.807, 2.05) is 18.2 Å². The van der Waals surface area contributed by atoms with Gasteiger partial charge in [0, 0.05) is 17.1 Å². The first-order chi connectivity index (χ1) is 9.19. The van der Waals surface area contributed by atoms with Crippen LogP contribution in [0, 0.1) is 0 Å². The molecule has 0 aliphatic carbocycles. The summed E-state index contributed by atoms with van der Waals surface area (Å²) in [4.78, 5) is 0. The fraction of sp³-hybridized carbons (Fsp3) is 0.250. The molecule has 2 nitrogen and oxygen atoms in total. The highest BCUT2D eigenvalue weighted by Crippen LogP contribution is 2.18. The molecule has 3 heteroatoms. The summed E-state index contributed by atoms with van der Waals surface area (Å²) in [5.41, 5.74) is 2.53. The van der Waals surface area contributed by atoms with Crippen LogP contribution in [0.15, 0.2) is 53.0 Å². The van der Waals surface area contributed by atoms with Crippen molar-refractivity contribution in [1.82, 2.24) is 5.32 Å². The molecule has 0 unspecified atom stereocenters. The van der Waals surface area contributed by atoms with Crippen LogP contribution in [0.25, 0.3) is 0 Å². The largest absolute Gasteiger partial charge is 0.497 e. The summed E-state index contributed by atoms with van der Waals surface area (Å²) in [6.45, 7) is 3.02. The lowest BCUT2D eigenvalue weighted by Crippen LogP contribution is -2.17. The smallest absolute Gasteiger partial charge is 0.118 e. The fourth-order valence-corrected chi connectivity index (χ4v) is 2.37. The fourth-order valence-electron chi connectivity index (χ4n) is 1.93. The van der Waals surface area contributed by atoms with Crippen molar-refractivity contribution < 1.29 is 4.74 Å². The Labute approximate surface area is 122 Å². The normalized spacial score (nSPS) is 12.2. The molecular formula is C16H18BrNO. The minimum atomic E-state index is 0.310. The predicted molar refractivity (Wildman–Crippen MR) is 82.4 cm³/mol. The van der Waals surface area contributed by atoms with Gasteiger partial charge in [0.05, 0.1) is 7.11 Å². The van der Waals surface area contributed by atoms with E-state index in [-0.39, 0.29) is 0 Å². The van der Waals surface area contributed by atoms with Crippen LogP contribution in [0.4, 0.5) is 0 Å². The zero-order chi connectivity index (χ0) is 13.7. The lowest BCUT2D eigenvalue weighted by molar-refractivity contribution is 0.414. The third-order valence-electron chi connectivity index (χ3n) is 3.12. The van der Waals surface area contributed by atoms with Crippen LogP contribution in [-0.4, -0.2) is 7.11 Å². The van der Waals surface area contributed by atoms with Gasteiger partial charge in [0.2, 0.25) is 0 Å². The second-order valence-electron chi connectivity index (χ2n) is 4.51. The lowest BCUT2D eigenvalue weighted by atomic mass is 10.1. The van der Waals surface area contributed by atoms with Crippen molar-refractivity contribution in [3.05, 3.63) is 64.1 Å². The maximum atomic E-state index is 5.17. The maximum Gasteiger partial charge on any atom is 0.118 e. The first-order valence-electron chi connectivity index (χ1n) is 6.31. The topological polar surface area (TPSA) is 21.3 Å². The van der Waals surface area contributed by atoms with Gasteiger partial charge in [-0.1, -0.05) is 40.2 Å². The second-order valence-corrected chi connectivity index (χ2v) is 5.42. The third-order valence-corrected chi connectivity index (χ3v) is 3.61. The van der Waals surface area contributed by atoms with E-state index in [0.29, 0.717) is 6.04 Å². The molecule has 0 spiro atoms. The molecule has 0 aromatic heterocycles. The van der Waals surface area contributed by atoms with E-state index in [1.165, 1.54) is 11.1 Å². The van der Waals surface area contributed by atoms with Crippen molar-refractivity contribution in [2.45, 2.75) is 19.5 Å². The number of rotatable bonds is 5. The molecule has 0 heterocycles. The number of hydrogen-bond acceptors (Lipinski definition) is 2. The van der Waals surface area contributed by atoms with E-state index in [2.05, 4.69) is 58.5 Å². The van der Waals surface area contributed by atoms with Crippen molar-refractivity contribution in [2.75, 3.05) is 7.11 Å². The SMILES string of the molecule is COc1ccc([C@H](C)NCc2cccc(Br)c2)cc1. The van der Waals surface area contributed by atoms with E-state index in [0.717, 1.165) is 16.8 Å². The van der Waals surface area contributed by atoms with Gasteiger partial charge in [0.1, 0.15) is 5.75 Å². The third kappa shape index (κ3) is 4.08. The molecule has 100 valence electrons. The molecule has 0 saturated carbocycles. The Hall–Kier alpha value is -1.32. The van der Waals surface area contributed by atoms with E-state index >= 15 is 0 Å². The first kappa shape index (κ1) is 14.1. The van der Waals surface area contributed by atoms with Crippen LogP contribution in [0.3, 0.4) is 0 Å². The number of halogens is 1. The van der Waals surface area contributed by atoms with Crippen LogP contribution >= 0.6 is 15.9 Å². The molecule has 0 radical (unpaired) electrons. The summed E-state index contributed by atoms with van der Waals surface area (Å²) in [7, 11) is 1.68. The Bertz CT molecular complexity index is 525. The average molecular weight is 320 g/mol. The zero-order valence-corrected chi connectivity index (χ0v) is 12.8. The summed E-state index contributed by atoms with van der Waals surface area (Å²) in [6.07, 6.45) is 0. The summed E-state index contributed by atoms with van der Waals surface area (Å²) in [6, 6.07) is 16.8. The van der Waals surface area contributed by atoms with Gasteiger partial charge in [-0.25, -0.2) is 0 Å². The Kier molecular flexibility index (Phi) is 5.00. The van der Waals surface area contributed by atoms with E-state index in [1.54, 1.807) is 7.11 Å². The highest BCUT2D eigenvalue weighted by atomic mass is 79.9.